The molecule has 5 nitrogen and oxygen atoms in total. The van der Waals surface area contributed by atoms with Crippen LogP contribution in [0.3, 0.4) is 0 Å². The van der Waals surface area contributed by atoms with Crippen LogP contribution in [0.15, 0.2) is 65.3 Å². The average molecular weight is 391 g/mol. The molecule has 0 saturated carbocycles. The lowest BCUT2D eigenvalue weighted by atomic mass is 9.69. The van der Waals surface area contributed by atoms with Crippen molar-refractivity contribution in [2.45, 2.75) is 39.5 Å². The van der Waals surface area contributed by atoms with Crippen LogP contribution in [0.4, 0.5) is 0 Å². The topological polar surface area (TPSA) is 78.6 Å². The van der Waals surface area contributed by atoms with Gasteiger partial charge < -0.3 is 15.2 Å². The molecule has 2 aliphatic rings. The van der Waals surface area contributed by atoms with E-state index in [0.29, 0.717) is 24.2 Å². The molecule has 0 fully saturated rings. The third kappa shape index (κ3) is 3.31. The van der Waals surface area contributed by atoms with E-state index in [9.17, 15) is 9.59 Å². The molecule has 0 spiro atoms. The highest BCUT2D eigenvalue weighted by Gasteiger charge is 2.45. The largest absolute Gasteiger partial charge is 0.462 e. The van der Waals surface area contributed by atoms with Crippen molar-refractivity contribution in [3.63, 3.8) is 0 Å². The van der Waals surface area contributed by atoms with E-state index in [2.05, 4.69) is 0 Å². The molecule has 4 rings (SSSR count). The molecule has 0 amide bonds. The van der Waals surface area contributed by atoms with Crippen molar-refractivity contribution in [3.8, 4) is 0 Å². The second-order valence-electron chi connectivity index (χ2n) is 8.38. The van der Waals surface area contributed by atoms with Crippen LogP contribution in [0.1, 0.15) is 45.1 Å². The van der Waals surface area contributed by atoms with E-state index in [4.69, 9.17) is 15.2 Å². The zero-order valence-electron chi connectivity index (χ0n) is 17.0. The minimum atomic E-state index is -0.604. The maximum atomic E-state index is 13.2. The van der Waals surface area contributed by atoms with Crippen LogP contribution < -0.4 is 5.73 Å². The number of carbonyl (C=O) groups excluding carboxylic acids is 2. The van der Waals surface area contributed by atoms with Gasteiger partial charge >= 0.3 is 5.97 Å². The number of hydrogen-bond donors (Lipinski definition) is 1. The summed E-state index contributed by atoms with van der Waals surface area (Å²) in [5, 5.41) is 2.00. The molecular formula is C24H25NO4. The Balaban J connectivity index is 1.98. The van der Waals surface area contributed by atoms with Gasteiger partial charge in [-0.2, -0.15) is 0 Å². The van der Waals surface area contributed by atoms with Crippen LogP contribution in [0.5, 0.6) is 0 Å². The van der Waals surface area contributed by atoms with E-state index < -0.39 is 11.9 Å². The van der Waals surface area contributed by atoms with Crippen molar-refractivity contribution in [2.24, 2.45) is 11.1 Å². The lowest BCUT2D eigenvalue weighted by Gasteiger charge is -2.38. The molecule has 1 aliphatic heterocycles. The summed E-state index contributed by atoms with van der Waals surface area (Å²) in [7, 11) is 0. The number of rotatable bonds is 3. The Labute approximate surface area is 170 Å². The van der Waals surface area contributed by atoms with Crippen LogP contribution in [-0.2, 0) is 19.1 Å². The summed E-state index contributed by atoms with van der Waals surface area (Å²) in [4.78, 5) is 26.1. The van der Waals surface area contributed by atoms with Gasteiger partial charge in [-0.25, -0.2) is 4.79 Å². The molecular weight excluding hydrogens is 366 g/mol. The predicted octanol–water partition coefficient (Wildman–Crippen LogP) is 4.33. The number of benzene rings is 2. The summed E-state index contributed by atoms with van der Waals surface area (Å²) >= 11 is 0. The summed E-state index contributed by atoms with van der Waals surface area (Å²) in [6.45, 7) is 6.02. The molecule has 2 aromatic carbocycles. The lowest BCUT2D eigenvalue weighted by Crippen LogP contribution is -2.35. The molecule has 1 atom stereocenters. The van der Waals surface area contributed by atoms with E-state index in [1.165, 1.54) is 0 Å². The third-order valence-electron chi connectivity index (χ3n) is 5.58. The Bertz CT molecular complexity index is 1070. The normalized spacial score (nSPS) is 21.1. The highest BCUT2D eigenvalue weighted by Crippen LogP contribution is 2.49. The molecule has 150 valence electrons. The summed E-state index contributed by atoms with van der Waals surface area (Å²) in [5.74, 6) is -0.580. The maximum Gasteiger partial charge on any atom is 0.340 e. The molecule has 5 heteroatoms. The van der Waals surface area contributed by atoms with Crippen molar-refractivity contribution in [1.29, 1.82) is 0 Å². The molecule has 0 saturated heterocycles. The van der Waals surface area contributed by atoms with Crippen molar-refractivity contribution in [1.82, 2.24) is 0 Å². The predicted molar refractivity (Wildman–Crippen MR) is 111 cm³/mol. The third-order valence-corrected chi connectivity index (χ3v) is 5.58. The molecule has 0 aromatic heterocycles. The summed E-state index contributed by atoms with van der Waals surface area (Å²) in [6, 6.07) is 13.8. The highest BCUT2D eigenvalue weighted by molar-refractivity contribution is 6.05. The van der Waals surface area contributed by atoms with Gasteiger partial charge in [0.25, 0.3) is 0 Å². The van der Waals surface area contributed by atoms with Crippen LogP contribution in [0, 0.1) is 5.41 Å². The molecule has 1 heterocycles. The van der Waals surface area contributed by atoms with Gasteiger partial charge in [0.2, 0.25) is 5.88 Å². The summed E-state index contributed by atoms with van der Waals surface area (Å²) in [5.41, 5.74) is 7.60. The van der Waals surface area contributed by atoms with Gasteiger partial charge in [-0.15, -0.1) is 0 Å². The number of nitrogens with two attached hydrogens (primary N) is 1. The molecule has 1 unspecified atom stereocenters. The first kappa shape index (κ1) is 19.2. The number of hydrogen-bond acceptors (Lipinski definition) is 5. The van der Waals surface area contributed by atoms with Crippen LogP contribution in [-0.4, -0.2) is 18.4 Å². The summed E-state index contributed by atoms with van der Waals surface area (Å²) < 4.78 is 11.1. The summed E-state index contributed by atoms with van der Waals surface area (Å²) in [6.07, 6.45) is 0.985. The second-order valence-corrected chi connectivity index (χ2v) is 8.38. The number of Topliss-reactive ketones (excluding diaryl/α,β-unsaturated/α-hetero) is 1. The van der Waals surface area contributed by atoms with Crippen LogP contribution in [0.2, 0.25) is 0 Å². The maximum absolute atomic E-state index is 13.2. The number of fused-ring (bicyclic) bond motifs is 1. The van der Waals surface area contributed by atoms with Crippen LogP contribution >= 0.6 is 0 Å². The molecule has 1 aliphatic carbocycles. The number of carbonyl (C=O) groups is 2. The van der Waals surface area contributed by atoms with E-state index in [0.717, 1.165) is 16.3 Å². The smallest absolute Gasteiger partial charge is 0.340 e. The molecule has 2 aromatic rings. The molecule has 0 radical (unpaired) electrons. The van der Waals surface area contributed by atoms with Crippen molar-refractivity contribution < 1.29 is 19.1 Å². The number of allylic oxidation sites excluding steroid dienone is 2. The Morgan fingerprint density at radius 3 is 2.66 bits per heavy atom. The SMILES string of the molecule is CCOC(=O)C1=C(N)OC2=C(C(=O)CC(C)(C)C2)C1c1cccc2ccccc12. The number of ether oxygens (including phenoxy) is 2. The van der Waals surface area contributed by atoms with E-state index in [1.807, 2.05) is 56.3 Å². The Kier molecular flexibility index (Phi) is 4.69. The standard InChI is InChI=1S/C24H25NO4/c1-4-28-23(27)21-19(16-11-7-9-14-8-5-6-10-15(14)16)20-17(26)12-24(2,3)13-18(20)29-22(21)25/h5-11,19H,4,12-13,25H2,1-3H3. The van der Waals surface area contributed by atoms with E-state index in [-0.39, 0.29) is 29.3 Å². The first-order valence-corrected chi connectivity index (χ1v) is 9.91. The minimum absolute atomic E-state index is 0.0107. The molecule has 0 bridgehead atoms. The first-order chi connectivity index (χ1) is 13.8. The van der Waals surface area contributed by atoms with E-state index >= 15 is 0 Å². The monoisotopic (exact) mass is 391 g/mol. The molecule has 2 N–H and O–H groups in total. The zero-order valence-corrected chi connectivity index (χ0v) is 17.0. The van der Waals surface area contributed by atoms with Gasteiger partial charge in [0, 0.05) is 18.4 Å². The van der Waals surface area contributed by atoms with Gasteiger partial charge in [-0.3, -0.25) is 4.79 Å². The van der Waals surface area contributed by atoms with E-state index in [1.54, 1.807) is 6.92 Å². The fourth-order valence-corrected chi connectivity index (χ4v) is 4.41. The van der Waals surface area contributed by atoms with Crippen molar-refractivity contribution in [3.05, 3.63) is 70.8 Å². The number of ketones is 1. The Morgan fingerprint density at radius 1 is 1.17 bits per heavy atom. The van der Waals surface area contributed by atoms with Gasteiger partial charge in [-0.05, 0) is 28.7 Å². The van der Waals surface area contributed by atoms with Gasteiger partial charge in [0.15, 0.2) is 5.78 Å². The van der Waals surface area contributed by atoms with Gasteiger partial charge in [-0.1, -0.05) is 56.3 Å². The van der Waals surface area contributed by atoms with Crippen molar-refractivity contribution >= 4 is 22.5 Å². The first-order valence-electron chi connectivity index (χ1n) is 9.91. The minimum Gasteiger partial charge on any atom is -0.462 e. The van der Waals surface area contributed by atoms with Gasteiger partial charge in [0.1, 0.15) is 11.3 Å². The van der Waals surface area contributed by atoms with Gasteiger partial charge in [0.05, 0.1) is 12.5 Å². The average Bonchev–Trinajstić information content (AvgIpc) is 2.65. The quantitative estimate of drug-likeness (QED) is 0.788. The van der Waals surface area contributed by atoms with Crippen molar-refractivity contribution in [2.75, 3.05) is 6.61 Å². The van der Waals surface area contributed by atoms with Crippen LogP contribution in [0.25, 0.3) is 10.8 Å². The highest BCUT2D eigenvalue weighted by atomic mass is 16.5. The second kappa shape index (κ2) is 7.07. The fourth-order valence-electron chi connectivity index (χ4n) is 4.41. The fraction of sp³-hybridized carbons (Fsp3) is 0.333. The lowest BCUT2D eigenvalue weighted by molar-refractivity contribution is -0.139. The zero-order chi connectivity index (χ0) is 20.8. The molecule has 29 heavy (non-hydrogen) atoms. The Morgan fingerprint density at radius 2 is 1.90 bits per heavy atom. The Hall–Kier alpha value is -3.08. The number of esters is 1.